The summed E-state index contributed by atoms with van der Waals surface area (Å²) in [6.07, 6.45) is 10.1. The number of ether oxygens (including phenoxy) is 1. The average molecular weight is 705 g/mol. The van der Waals surface area contributed by atoms with E-state index >= 15 is 0 Å². The fourth-order valence-corrected chi connectivity index (χ4v) is 8.17. The molecule has 0 spiro atoms. The number of nitrogens with two attached hydrogens (primary N) is 1. The molecule has 13 heteroatoms. The highest BCUT2D eigenvalue weighted by atomic mass is 19.2. The van der Waals surface area contributed by atoms with Crippen LogP contribution in [0.1, 0.15) is 80.9 Å². The molecule has 0 atom stereocenters. The quantitative estimate of drug-likeness (QED) is 0.164. The molecule has 4 heterocycles. The molecule has 2 saturated heterocycles. The van der Waals surface area contributed by atoms with Crippen molar-refractivity contribution in [2.24, 2.45) is 5.73 Å². The van der Waals surface area contributed by atoms with E-state index in [1.54, 1.807) is 16.8 Å². The number of halogens is 2. The minimum absolute atomic E-state index is 0.0654. The van der Waals surface area contributed by atoms with Gasteiger partial charge < -0.3 is 31.3 Å². The molecule has 5 N–H and O–H groups in total. The van der Waals surface area contributed by atoms with E-state index in [0.29, 0.717) is 55.1 Å². The van der Waals surface area contributed by atoms with Gasteiger partial charge in [-0.05, 0) is 125 Å². The van der Waals surface area contributed by atoms with Gasteiger partial charge in [0, 0.05) is 37.8 Å². The van der Waals surface area contributed by atoms with E-state index in [4.69, 9.17) is 10.5 Å². The largest absolute Gasteiger partial charge is 0.450 e. The van der Waals surface area contributed by atoms with Gasteiger partial charge in [-0.1, -0.05) is 12.1 Å². The second kappa shape index (κ2) is 16.2. The number of nitrogens with one attached hydrogen (secondary N) is 3. The number of rotatable bonds is 11. The standard InChI is InChI=1S/C38H50F2N8O3/c39-31-8-2-25(20-32(31)40)22-47(29-10-16-42-17-11-29)24-36(49)46-18-12-26(13-19-46)27-3-9-34-33(21-27)44-37-35(51-34)23-48(38(50)45-37)30-6-4-28(5-7-30)43-15-1-14-41/h2-3,8-9,20-21,23,26,28-30,42-43H,1,4-7,10-19,22,24,41H2,(H,44,45,50). The van der Waals surface area contributed by atoms with E-state index in [0.717, 1.165) is 94.7 Å². The predicted octanol–water partition coefficient (Wildman–Crippen LogP) is 4.75. The molecular formula is C38H50F2N8O3. The number of anilines is 2. The Bertz CT molecular complexity index is 1730. The van der Waals surface area contributed by atoms with Crippen molar-refractivity contribution < 1.29 is 18.3 Å². The number of hydrogen-bond acceptors (Lipinski definition) is 9. The fourth-order valence-electron chi connectivity index (χ4n) is 8.17. The summed E-state index contributed by atoms with van der Waals surface area (Å²) in [5, 5.41) is 10.3. The summed E-state index contributed by atoms with van der Waals surface area (Å²) in [7, 11) is 0. The van der Waals surface area contributed by atoms with Gasteiger partial charge in [-0.15, -0.1) is 0 Å². The van der Waals surface area contributed by atoms with E-state index in [1.807, 2.05) is 11.0 Å². The third-order valence-corrected chi connectivity index (χ3v) is 11.2. The number of fused-ring (bicyclic) bond motifs is 2. The molecule has 0 radical (unpaired) electrons. The predicted molar refractivity (Wildman–Crippen MR) is 192 cm³/mol. The summed E-state index contributed by atoms with van der Waals surface area (Å²) in [5.41, 5.74) is 7.95. The minimum atomic E-state index is -0.866. The smallest absolute Gasteiger partial charge is 0.350 e. The zero-order chi connectivity index (χ0) is 35.3. The summed E-state index contributed by atoms with van der Waals surface area (Å²) in [5.74, 6) is 0.276. The van der Waals surface area contributed by atoms with Gasteiger partial charge in [0.1, 0.15) is 0 Å². The summed E-state index contributed by atoms with van der Waals surface area (Å²) in [4.78, 5) is 35.2. The molecule has 3 fully saturated rings. The Kier molecular flexibility index (Phi) is 11.3. The molecule has 1 saturated carbocycles. The number of likely N-dealkylation sites (tertiary alicyclic amines) is 1. The lowest BCUT2D eigenvalue weighted by Crippen LogP contribution is -2.49. The molecule has 1 aliphatic carbocycles. The number of carbonyl (C=O) groups excluding carboxylic acids is 1. The highest BCUT2D eigenvalue weighted by Gasteiger charge is 2.30. The van der Waals surface area contributed by atoms with Crippen LogP contribution in [0.5, 0.6) is 11.5 Å². The van der Waals surface area contributed by atoms with Crippen LogP contribution in [0.3, 0.4) is 0 Å². The topological polar surface area (TPSA) is 130 Å². The van der Waals surface area contributed by atoms with Gasteiger partial charge in [-0.3, -0.25) is 14.3 Å². The van der Waals surface area contributed by atoms with E-state index in [-0.39, 0.29) is 36.1 Å². The SMILES string of the molecule is NCCCNC1CCC(n2cc3c(nc2=O)Nc2cc(C4CCN(C(=O)CN(Cc5ccc(F)c(F)c5)C5CCNCC5)CC4)ccc2O3)CC1. The van der Waals surface area contributed by atoms with E-state index in [9.17, 15) is 18.4 Å². The first-order valence-electron chi connectivity index (χ1n) is 18.7. The highest BCUT2D eigenvalue weighted by molar-refractivity contribution is 5.78. The van der Waals surface area contributed by atoms with Crippen molar-refractivity contribution >= 4 is 17.4 Å². The van der Waals surface area contributed by atoms with Crippen LogP contribution in [0, 0.1) is 11.6 Å². The molecule has 3 aromatic rings. The molecule has 11 nitrogen and oxygen atoms in total. The lowest BCUT2D eigenvalue weighted by atomic mass is 9.89. The highest BCUT2D eigenvalue weighted by Crippen LogP contribution is 2.43. The van der Waals surface area contributed by atoms with Gasteiger partial charge in [0.25, 0.3) is 0 Å². The number of aromatic nitrogens is 2. The number of amides is 1. The van der Waals surface area contributed by atoms with Crippen molar-refractivity contribution in [3.63, 3.8) is 0 Å². The molecule has 0 bridgehead atoms. The first-order valence-corrected chi connectivity index (χ1v) is 18.7. The first kappa shape index (κ1) is 35.5. The Balaban J connectivity index is 0.947. The van der Waals surface area contributed by atoms with Gasteiger partial charge in [0.2, 0.25) is 5.91 Å². The monoisotopic (exact) mass is 704 g/mol. The number of hydrogen-bond donors (Lipinski definition) is 4. The third kappa shape index (κ3) is 8.43. The number of benzene rings is 2. The van der Waals surface area contributed by atoms with Crippen LogP contribution in [0.25, 0.3) is 0 Å². The number of piperidine rings is 2. The van der Waals surface area contributed by atoms with Crippen LogP contribution in [-0.4, -0.2) is 83.2 Å². The maximum absolute atomic E-state index is 14.0. The molecule has 51 heavy (non-hydrogen) atoms. The molecule has 7 rings (SSSR count). The Labute approximate surface area is 297 Å². The van der Waals surface area contributed by atoms with Crippen LogP contribution >= 0.6 is 0 Å². The van der Waals surface area contributed by atoms with Crippen LogP contribution in [0.15, 0.2) is 47.4 Å². The van der Waals surface area contributed by atoms with Crippen molar-refractivity contribution in [2.45, 2.75) is 88.4 Å². The maximum Gasteiger partial charge on any atom is 0.350 e. The Morgan fingerprint density at radius 3 is 2.51 bits per heavy atom. The van der Waals surface area contributed by atoms with Crippen molar-refractivity contribution in [1.82, 2.24) is 30.0 Å². The average Bonchev–Trinajstić information content (AvgIpc) is 3.15. The molecular weight excluding hydrogens is 654 g/mol. The van der Waals surface area contributed by atoms with E-state index in [2.05, 4.69) is 38.0 Å². The van der Waals surface area contributed by atoms with Crippen LogP contribution in [0.4, 0.5) is 20.3 Å². The second-order valence-electron chi connectivity index (χ2n) is 14.5. The second-order valence-corrected chi connectivity index (χ2v) is 14.5. The Morgan fingerprint density at radius 1 is 0.980 bits per heavy atom. The van der Waals surface area contributed by atoms with Crippen LogP contribution in [0.2, 0.25) is 0 Å². The summed E-state index contributed by atoms with van der Waals surface area (Å²) in [6.45, 7) is 5.28. The van der Waals surface area contributed by atoms with Crippen molar-refractivity contribution in [2.75, 3.05) is 51.1 Å². The summed E-state index contributed by atoms with van der Waals surface area (Å²) >= 11 is 0. The van der Waals surface area contributed by atoms with Gasteiger partial charge in [0.15, 0.2) is 29.0 Å². The lowest BCUT2D eigenvalue weighted by Gasteiger charge is -2.37. The molecule has 1 aromatic heterocycles. The molecule has 4 aliphatic rings. The van der Waals surface area contributed by atoms with Crippen molar-refractivity contribution in [3.8, 4) is 11.5 Å². The normalized spacial score (nSPS) is 21.1. The molecule has 1 amide bonds. The zero-order valence-corrected chi connectivity index (χ0v) is 29.2. The maximum atomic E-state index is 14.0. The molecule has 2 aromatic carbocycles. The third-order valence-electron chi connectivity index (χ3n) is 11.2. The van der Waals surface area contributed by atoms with E-state index < -0.39 is 11.6 Å². The van der Waals surface area contributed by atoms with Crippen molar-refractivity contribution in [1.29, 1.82) is 0 Å². The van der Waals surface area contributed by atoms with Crippen LogP contribution < -0.4 is 32.1 Å². The van der Waals surface area contributed by atoms with Gasteiger partial charge >= 0.3 is 5.69 Å². The lowest BCUT2D eigenvalue weighted by molar-refractivity contribution is -0.134. The fraction of sp³-hybridized carbons (Fsp3) is 0.553. The van der Waals surface area contributed by atoms with Crippen LogP contribution in [-0.2, 0) is 11.3 Å². The van der Waals surface area contributed by atoms with Gasteiger partial charge in [-0.25, -0.2) is 13.6 Å². The Hall–Kier alpha value is -3.91. The van der Waals surface area contributed by atoms with Gasteiger partial charge in [0.05, 0.1) is 18.4 Å². The minimum Gasteiger partial charge on any atom is -0.450 e. The summed E-state index contributed by atoms with van der Waals surface area (Å²) < 4.78 is 35.6. The zero-order valence-electron chi connectivity index (χ0n) is 29.2. The Morgan fingerprint density at radius 2 is 1.76 bits per heavy atom. The van der Waals surface area contributed by atoms with Gasteiger partial charge in [-0.2, -0.15) is 4.98 Å². The summed E-state index contributed by atoms with van der Waals surface area (Å²) in [6, 6.07) is 10.9. The van der Waals surface area contributed by atoms with Crippen molar-refractivity contribution in [3.05, 3.63) is 75.8 Å². The molecule has 274 valence electrons. The molecule has 0 unspecified atom stereocenters. The van der Waals surface area contributed by atoms with E-state index in [1.165, 1.54) is 6.07 Å². The number of nitrogens with zero attached hydrogens (tertiary/aromatic N) is 4. The number of carbonyl (C=O) groups is 1. The molecule has 3 aliphatic heterocycles. The first-order chi connectivity index (χ1) is 24.8.